The average molecular weight is 152 g/mol. The van der Waals surface area contributed by atoms with Gasteiger partial charge in [0.15, 0.2) is 0 Å². The third-order valence-corrected chi connectivity index (χ3v) is 1.59. The quantitative estimate of drug-likeness (QED) is 0.570. The van der Waals surface area contributed by atoms with Crippen molar-refractivity contribution in [1.29, 1.82) is 0 Å². The largest absolute Gasteiger partial charge is 0.159 e. The zero-order valence-corrected chi connectivity index (χ0v) is 7.97. The van der Waals surface area contributed by atoms with E-state index >= 15 is 0 Å². The van der Waals surface area contributed by atoms with Crippen molar-refractivity contribution in [3.8, 4) is 0 Å². The van der Waals surface area contributed by atoms with Crippen molar-refractivity contribution in [3.63, 3.8) is 0 Å². The first-order valence-electron chi connectivity index (χ1n) is 3.97. The highest BCUT2D eigenvalue weighted by Gasteiger charge is 1.94. The second kappa shape index (κ2) is 4.83. The zero-order valence-electron chi connectivity index (χ0n) is 7.97. The molecule has 62 valence electrons. The molecule has 1 aromatic heterocycles. The minimum absolute atomic E-state index is 1.02. The van der Waals surface area contributed by atoms with E-state index in [1.807, 2.05) is 27.7 Å². The van der Waals surface area contributed by atoms with Crippen molar-refractivity contribution in [2.75, 3.05) is 0 Å². The molecule has 0 unspecified atom stereocenters. The van der Waals surface area contributed by atoms with Crippen LogP contribution in [0.5, 0.6) is 0 Å². The fourth-order valence-electron chi connectivity index (χ4n) is 0.659. The molecule has 2 heteroatoms. The van der Waals surface area contributed by atoms with Crippen LogP contribution in [0.4, 0.5) is 0 Å². The third kappa shape index (κ3) is 2.66. The summed E-state index contributed by atoms with van der Waals surface area (Å²) in [7, 11) is 0. The molecule has 0 fully saturated rings. The van der Waals surface area contributed by atoms with Crippen LogP contribution >= 0.6 is 0 Å². The summed E-state index contributed by atoms with van der Waals surface area (Å²) in [5.41, 5.74) is 3.47. The van der Waals surface area contributed by atoms with Crippen LogP contribution in [0.25, 0.3) is 0 Å². The predicted molar refractivity (Wildman–Crippen MR) is 47.6 cm³/mol. The van der Waals surface area contributed by atoms with E-state index in [-0.39, 0.29) is 0 Å². The fraction of sp³-hybridized carbons (Fsp3) is 0.556. The Kier molecular flexibility index (Phi) is 4.42. The Hall–Kier alpha value is -0.920. The van der Waals surface area contributed by atoms with Crippen LogP contribution in [0.1, 0.15) is 30.7 Å². The first-order chi connectivity index (χ1) is 5.22. The summed E-state index contributed by atoms with van der Waals surface area (Å²) in [6.45, 7) is 10.1. The minimum Gasteiger partial charge on any atom is -0.159 e. The number of aryl methyl sites for hydroxylation is 2. The molecule has 0 atom stereocenters. The molecule has 0 aliphatic carbocycles. The van der Waals surface area contributed by atoms with Gasteiger partial charge < -0.3 is 0 Å². The molecule has 0 bridgehead atoms. The maximum atomic E-state index is 3.89. The van der Waals surface area contributed by atoms with Crippen LogP contribution in [0.2, 0.25) is 0 Å². The monoisotopic (exact) mass is 152 g/mol. The van der Waals surface area contributed by atoms with Crippen LogP contribution in [0, 0.1) is 20.8 Å². The minimum atomic E-state index is 1.02. The highest BCUT2D eigenvalue weighted by atomic mass is 15.1. The van der Waals surface area contributed by atoms with Crippen molar-refractivity contribution in [3.05, 3.63) is 23.0 Å². The van der Waals surface area contributed by atoms with Crippen LogP contribution in [0.3, 0.4) is 0 Å². The molecule has 0 spiro atoms. The molecule has 0 amide bonds. The summed E-state index contributed by atoms with van der Waals surface area (Å²) >= 11 is 0. The lowest BCUT2D eigenvalue weighted by Crippen LogP contribution is -1.92. The molecule has 0 aromatic carbocycles. The number of rotatable bonds is 0. The van der Waals surface area contributed by atoms with Gasteiger partial charge in [-0.15, -0.1) is 0 Å². The number of aromatic nitrogens is 2. The predicted octanol–water partition coefficient (Wildman–Crippen LogP) is 2.43. The zero-order chi connectivity index (χ0) is 8.85. The van der Waals surface area contributed by atoms with Crippen LogP contribution in [0.15, 0.2) is 6.20 Å². The lowest BCUT2D eigenvalue weighted by atomic mass is 10.2. The Morgan fingerprint density at radius 1 is 1.09 bits per heavy atom. The summed E-state index contributed by atoms with van der Waals surface area (Å²) < 4.78 is 0. The van der Waals surface area contributed by atoms with Gasteiger partial charge in [-0.25, -0.2) is 0 Å². The smallest absolute Gasteiger partial charge is 0.0631 e. The topological polar surface area (TPSA) is 25.8 Å². The fourth-order valence-corrected chi connectivity index (χ4v) is 0.659. The van der Waals surface area contributed by atoms with Gasteiger partial charge >= 0.3 is 0 Å². The second-order valence-corrected chi connectivity index (χ2v) is 2.24. The highest BCUT2D eigenvalue weighted by Crippen LogP contribution is 2.05. The SMILES string of the molecule is CC.Cc1cnnc(C)c1C. The van der Waals surface area contributed by atoms with Gasteiger partial charge in [0.1, 0.15) is 0 Å². The second-order valence-electron chi connectivity index (χ2n) is 2.24. The molecular formula is C9H16N2. The summed E-state index contributed by atoms with van der Waals surface area (Å²) in [5, 5.41) is 7.68. The molecular weight excluding hydrogens is 136 g/mol. The summed E-state index contributed by atoms with van der Waals surface area (Å²) in [6.07, 6.45) is 1.78. The number of nitrogens with zero attached hydrogens (tertiary/aromatic N) is 2. The Balaban J connectivity index is 0.000000461. The molecule has 0 radical (unpaired) electrons. The van der Waals surface area contributed by atoms with Gasteiger partial charge in [-0.3, -0.25) is 0 Å². The standard InChI is InChI=1S/C7H10N2.C2H6/c1-5-4-8-9-7(3)6(5)2;1-2/h4H,1-3H3;1-2H3. The molecule has 0 N–H and O–H groups in total. The van der Waals surface area contributed by atoms with Gasteiger partial charge in [-0.2, -0.15) is 10.2 Å². The molecule has 1 aromatic rings. The molecule has 0 aliphatic rings. The van der Waals surface area contributed by atoms with Gasteiger partial charge in [0.2, 0.25) is 0 Å². The summed E-state index contributed by atoms with van der Waals surface area (Å²) in [6, 6.07) is 0. The Morgan fingerprint density at radius 2 is 1.64 bits per heavy atom. The molecule has 0 saturated heterocycles. The third-order valence-electron chi connectivity index (χ3n) is 1.59. The Bertz CT molecular complexity index is 199. The Labute approximate surface area is 68.7 Å². The highest BCUT2D eigenvalue weighted by molar-refractivity contribution is 5.23. The van der Waals surface area contributed by atoms with E-state index in [1.165, 1.54) is 11.1 Å². The van der Waals surface area contributed by atoms with E-state index in [0.29, 0.717) is 0 Å². The van der Waals surface area contributed by atoms with Crippen molar-refractivity contribution in [2.24, 2.45) is 0 Å². The number of hydrogen-bond acceptors (Lipinski definition) is 2. The van der Waals surface area contributed by atoms with Crippen molar-refractivity contribution < 1.29 is 0 Å². The van der Waals surface area contributed by atoms with Gasteiger partial charge in [-0.1, -0.05) is 13.8 Å². The van der Waals surface area contributed by atoms with Gasteiger partial charge in [-0.05, 0) is 31.9 Å². The Morgan fingerprint density at radius 3 is 2.00 bits per heavy atom. The van der Waals surface area contributed by atoms with Crippen molar-refractivity contribution in [2.45, 2.75) is 34.6 Å². The van der Waals surface area contributed by atoms with E-state index in [4.69, 9.17) is 0 Å². The summed E-state index contributed by atoms with van der Waals surface area (Å²) in [5.74, 6) is 0. The first kappa shape index (κ1) is 10.1. The lowest BCUT2D eigenvalue weighted by Gasteiger charge is -1.98. The molecule has 2 nitrogen and oxygen atoms in total. The lowest BCUT2D eigenvalue weighted by molar-refractivity contribution is 0.944. The van der Waals surface area contributed by atoms with Gasteiger partial charge in [0, 0.05) is 0 Å². The van der Waals surface area contributed by atoms with E-state index in [0.717, 1.165) is 5.69 Å². The molecule has 0 aliphatic heterocycles. The van der Waals surface area contributed by atoms with E-state index < -0.39 is 0 Å². The van der Waals surface area contributed by atoms with Crippen LogP contribution in [-0.2, 0) is 0 Å². The van der Waals surface area contributed by atoms with Crippen molar-refractivity contribution in [1.82, 2.24) is 10.2 Å². The summed E-state index contributed by atoms with van der Waals surface area (Å²) in [4.78, 5) is 0. The van der Waals surface area contributed by atoms with E-state index in [9.17, 15) is 0 Å². The maximum Gasteiger partial charge on any atom is 0.0631 e. The van der Waals surface area contributed by atoms with Gasteiger partial charge in [0.05, 0.1) is 11.9 Å². The molecule has 11 heavy (non-hydrogen) atoms. The molecule has 0 saturated carbocycles. The van der Waals surface area contributed by atoms with E-state index in [2.05, 4.69) is 17.1 Å². The van der Waals surface area contributed by atoms with Crippen LogP contribution in [-0.4, -0.2) is 10.2 Å². The first-order valence-corrected chi connectivity index (χ1v) is 3.97. The van der Waals surface area contributed by atoms with Crippen molar-refractivity contribution >= 4 is 0 Å². The van der Waals surface area contributed by atoms with E-state index in [1.54, 1.807) is 6.20 Å². The average Bonchev–Trinajstić information content (AvgIpc) is 2.04. The number of hydrogen-bond donors (Lipinski definition) is 0. The normalized spacial score (nSPS) is 8.45. The van der Waals surface area contributed by atoms with Gasteiger partial charge in [0.25, 0.3) is 0 Å². The maximum absolute atomic E-state index is 3.89. The molecule has 1 heterocycles. The van der Waals surface area contributed by atoms with Crippen LogP contribution < -0.4 is 0 Å². The molecule has 1 rings (SSSR count).